The molecular weight excluding hydrogens is 202 g/mol. The first-order valence-corrected chi connectivity index (χ1v) is 6.50. The van der Waals surface area contributed by atoms with E-state index in [2.05, 4.69) is 29.5 Å². The summed E-state index contributed by atoms with van der Waals surface area (Å²) in [5.74, 6) is 0.917. The molecule has 4 heteroatoms. The Morgan fingerprint density at radius 3 is 2.56 bits per heavy atom. The maximum atomic E-state index is 5.67. The minimum absolute atomic E-state index is 0.432. The summed E-state index contributed by atoms with van der Waals surface area (Å²) in [6, 6.07) is 0. The molecule has 0 aliphatic carbocycles. The minimum atomic E-state index is 0.432. The predicted octanol–water partition coefficient (Wildman–Crippen LogP) is 1.52. The molecule has 0 aromatic rings. The molecule has 0 radical (unpaired) electrons. The van der Waals surface area contributed by atoms with E-state index in [4.69, 9.17) is 4.74 Å². The van der Waals surface area contributed by atoms with Gasteiger partial charge in [0.2, 0.25) is 0 Å². The Hall–Kier alpha value is -0.770. The van der Waals surface area contributed by atoms with Gasteiger partial charge in [0.15, 0.2) is 5.96 Å². The van der Waals surface area contributed by atoms with Crippen molar-refractivity contribution in [1.29, 1.82) is 0 Å². The van der Waals surface area contributed by atoms with Crippen LogP contribution in [0.5, 0.6) is 0 Å². The van der Waals surface area contributed by atoms with Crippen molar-refractivity contribution in [2.45, 2.75) is 45.6 Å². The first-order valence-electron chi connectivity index (χ1n) is 6.50. The van der Waals surface area contributed by atoms with Crippen molar-refractivity contribution >= 4 is 5.96 Å². The lowest BCUT2D eigenvalue weighted by molar-refractivity contribution is 0.0129. The van der Waals surface area contributed by atoms with Crippen molar-refractivity contribution in [2.75, 3.05) is 26.2 Å². The Bertz CT molecular complexity index is 192. The summed E-state index contributed by atoms with van der Waals surface area (Å²) in [5.41, 5.74) is 0. The molecule has 0 aromatic heterocycles. The Morgan fingerprint density at radius 2 is 2.00 bits per heavy atom. The Balaban J connectivity index is 2.20. The fraction of sp³-hybridized carbons (Fsp3) is 0.917. The second kappa shape index (κ2) is 8.39. The first-order chi connectivity index (χ1) is 7.86. The van der Waals surface area contributed by atoms with E-state index in [1.54, 1.807) is 0 Å². The normalized spacial score (nSPS) is 20.2. The summed E-state index contributed by atoms with van der Waals surface area (Å²) in [4.78, 5) is 4.51. The van der Waals surface area contributed by atoms with Gasteiger partial charge < -0.3 is 15.4 Å². The Labute approximate surface area is 98.9 Å². The van der Waals surface area contributed by atoms with Crippen LogP contribution in [0.4, 0.5) is 0 Å². The van der Waals surface area contributed by atoms with E-state index in [1.165, 1.54) is 19.3 Å². The largest absolute Gasteiger partial charge is 0.378 e. The van der Waals surface area contributed by atoms with Crippen LogP contribution in [0.3, 0.4) is 0 Å². The van der Waals surface area contributed by atoms with Crippen LogP contribution in [0.2, 0.25) is 0 Å². The molecule has 94 valence electrons. The van der Waals surface area contributed by atoms with Crippen molar-refractivity contribution < 1.29 is 4.74 Å². The van der Waals surface area contributed by atoms with Gasteiger partial charge in [0.05, 0.1) is 6.10 Å². The molecule has 0 aromatic carbocycles. The SMILES string of the molecule is CCNC(=NCC[C@@H]1CCCCO1)NCC. The maximum Gasteiger partial charge on any atom is 0.191 e. The predicted molar refractivity (Wildman–Crippen MR) is 67.9 cm³/mol. The molecule has 1 rings (SSSR count). The van der Waals surface area contributed by atoms with E-state index in [9.17, 15) is 0 Å². The van der Waals surface area contributed by atoms with Gasteiger partial charge in [-0.25, -0.2) is 0 Å². The second-order valence-electron chi connectivity index (χ2n) is 4.07. The Kier molecular flexibility index (Phi) is 6.97. The molecule has 16 heavy (non-hydrogen) atoms. The number of guanidine groups is 1. The van der Waals surface area contributed by atoms with Crippen LogP contribution in [-0.4, -0.2) is 38.3 Å². The van der Waals surface area contributed by atoms with Gasteiger partial charge in [0, 0.05) is 26.2 Å². The number of nitrogens with one attached hydrogen (secondary N) is 2. The number of aliphatic imine (C=N–C) groups is 1. The molecule has 0 amide bonds. The zero-order valence-electron chi connectivity index (χ0n) is 10.6. The van der Waals surface area contributed by atoms with Crippen LogP contribution in [0.1, 0.15) is 39.5 Å². The van der Waals surface area contributed by atoms with Gasteiger partial charge in [-0.05, 0) is 39.5 Å². The first kappa shape index (κ1) is 13.3. The summed E-state index contributed by atoms with van der Waals surface area (Å²) in [6.07, 6.45) is 5.21. The van der Waals surface area contributed by atoms with Crippen LogP contribution >= 0.6 is 0 Å². The zero-order valence-corrected chi connectivity index (χ0v) is 10.6. The highest BCUT2D eigenvalue weighted by Crippen LogP contribution is 2.15. The van der Waals surface area contributed by atoms with Crippen LogP contribution in [-0.2, 0) is 4.74 Å². The molecule has 1 heterocycles. The third kappa shape index (κ3) is 5.35. The fourth-order valence-corrected chi connectivity index (χ4v) is 1.86. The van der Waals surface area contributed by atoms with E-state index in [0.29, 0.717) is 6.10 Å². The van der Waals surface area contributed by atoms with Crippen LogP contribution in [0, 0.1) is 0 Å². The number of hydrogen-bond acceptors (Lipinski definition) is 2. The Morgan fingerprint density at radius 1 is 1.25 bits per heavy atom. The molecule has 1 fully saturated rings. The van der Waals surface area contributed by atoms with Gasteiger partial charge in [-0.2, -0.15) is 0 Å². The van der Waals surface area contributed by atoms with Crippen molar-refractivity contribution in [3.63, 3.8) is 0 Å². The molecule has 0 unspecified atom stereocenters. The summed E-state index contributed by atoms with van der Waals surface area (Å²) < 4.78 is 5.67. The lowest BCUT2D eigenvalue weighted by atomic mass is 10.1. The maximum absolute atomic E-state index is 5.67. The van der Waals surface area contributed by atoms with Crippen LogP contribution in [0.25, 0.3) is 0 Å². The van der Waals surface area contributed by atoms with E-state index in [-0.39, 0.29) is 0 Å². The highest BCUT2D eigenvalue weighted by atomic mass is 16.5. The highest BCUT2D eigenvalue weighted by molar-refractivity contribution is 5.79. The molecular formula is C12H25N3O. The average Bonchev–Trinajstić information content (AvgIpc) is 2.31. The molecule has 0 spiro atoms. The zero-order chi connectivity index (χ0) is 11.6. The van der Waals surface area contributed by atoms with Gasteiger partial charge in [-0.15, -0.1) is 0 Å². The van der Waals surface area contributed by atoms with Crippen molar-refractivity contribution in [3.8, 4) is 0 Å². The molecule has 1 aliphatic rings. The molecule has 1 aliphatic heterocycles. The van der Waals surface area contributed by atoms with Crippen molar-refractivity contribution in [1.82, 2.24) is 10.6 Å². The van der Waals surface area contributed by atoms with E-state index in [1.807, 2.05) is 0 Å². The number of hydrogen-bond donors (Lipinski definition) is 2. The molecule has 0 saturated carbocycles. The standard InChI is InChI=1S/C12H25N3O/c1-3-13-12(14-4-2)15-9-8-11-7-5-6-10-16-11/h11H,3-10H2,1-2H3,(H2,13,14,15)/t11-/m0/s1. The van der Waals surface area contributed by atoms with Crippen molar-refractivity contribution in [2.24, 2.45) is 4.99 Å². The molecule has 1 saturated heterocycles. The molecule has 4 nitrogen and oxygen atoms in total. The van der Waals surface area contributed by atoms with Crippen molar-refractivity contribution in [3.05, 3.63) is 0 Å². The minimum Gasteiger partial charge on any atom is -0.378 e. The van der Waals surface area contributed by atoms with Crippen LogP contribution in [0.15, 0.2) is 4.99 Å². The van der Waals surface area contributed by atoms with Gasteiger partial charge in [-0.3, -0.25) is 4.99 Å². The van der Waals surface area contributed by atoms with Gasteiger partial charge in [0.1, 0.15) is 0 Å². The number of ether oxygens (including phenoxy) is 1. The lowest BCUT2D eigenvalue weighted by Gasteiger charge is -2.21. The highest BCUT2D eigenvalue weighted by Gasteiger charge is 2.12. The number of nitrogens with zero attached hydrogens (tertiary/aromatic N) is 1. The lowest BCUT2D eigenvalue weighted by Crippen LogP contribution is -2.37. The van der Waals surface area contributed by atoms with Gasteiger partial charge >= 0.3 is 0 Å². The summed E-state index contributed by atoms with van der Waals surface area (Å²) in [5, 5.41) is 6.44. The van der Waals surface area contributed by atoms with E-state index >= 15 is 0 Å². The molecule has 0 bridgehead atoms. The topological polar surface area (TPSA) is 45.7 Å². The fourth-order valence-electron chi connectivity index (χ4n) is 1.86. The third-order valence-electron chi connectivity index (χ3n) is 2.68. The van der Waals surface area contributed by atoms with E-state index < -0.39 is 0 Å². The molecule has 1 atom stereocenters. The van der Waals surface area contributed by atoms with Gasteiger partial charge in [0.25, 0.3) is 0 Å². The smallest absolute Gasteiger partial charge is 0.191 e. The monoisotopic (exact) mass is 227 g/mol. The van der Waals surface area contributed by atoms with Crippen LogP contribution < -0.4 is 10.6 Å². The number of rotatable bonds is 5. The van der Waals surface area contributed by atoms with E-state index in [0.717, 1.165) is 38.6 Å². The summed E-state index contributed by atoms with van der Waals surface area (Å²) >= 11 is 0. The summed E-state index contributed by atoms with van der Waals surface area (Å²) in [6.45, 7) is 7.76. The third-order valence-corrected chi connectivity index (χ3v) is 2.68. The quantitative estimate of drug-likeness (QED) is 0.553. The molecule has 2 N–H and O–H groups in total. The second-order valence-corrected chi connectivity index (χ2v) is 4.07. The van der Waals surface area contributed by atoms with Gasteiger partial charge in [-0.1, -0.05) is 0 Å². The summed E-state index contributed by atoms with van der Waals surface area (Å²) in [7, 11) is 0. The average molecular weight is 227 g/mol.